The lowest BCUT2D eigenvalue weighted by atomic mass is 9.97. The van der Waals surface area contributed by atoms with E-state index in [1.807, 2.05) is 66.7 Å². The van der Waals surface area contributed by atoms with Crippen molar-refractivity contribution in [3.05, 3.63) is 183 Å². The minimum atomic E-state index is -1.11. The number of nitrogens with zero attached hydrogens (tertiary/aromatic N) is 2. The zero-order valence-corrected chi connectivity index (χ0v) is 31.4. The highest BCUT2D eigenvalue weighted by molar-refractivity contribution is 6.37. The zero-order valence-electron chi connectivity index (χ0n) is 29.9. The molecule has 0 aliphatic carbocycles. The first-order valence-corrected chi connectivity index (χ1v) is 18.9. The van der Waals surface area contributed by atoms with Crippen molar-refractivity contribution >= 4 is 46.9 Å². The molecule has 9 heteroatoms. The van der Waals surface area contributed by atoms with E-state index < -0.39 is 18.1 Å². The lowest BCUT2D eigenvalue weighted by molar-refractivity contribution is -0.131. The molecule has 0 radical (unpaired) electrons. The molecular formula is C45H43Cl2N3O4. The number of ketones is 1. The Hall–Kier alpha value is -5.05. The van der Waals surface area contributed by atoms with E-state index >= 15 is 0 Å². The third kappa shape index (κ3) is 10.3. The number of piperidine rings is 1. The molecule has 5 aromatic rings. The van der Waals surface area contributed by atoms with Gasteiger partial charge in [0, 0.05) is 70.6 Å². The van der Waals surface area contributed by atoms with Gasteiger partial charge in [0.15, 0.2) is 5.78 Å². The van der Waals surface area contributed by atoms with E-state index in [9.17, 15) is 19.5 Å². The molecule has 1 aliphatic rings. The number of hydrogen-bond acceptors (Lipinski definition) is 5. The first-order valence-electron chi connectivity index (χ1n) is 18.2. The molecule has 0 saturated carbocycles. The number of hydrogen-bond donors (Lipinski definition) is 2. The van der Waals surface area contributed by atoms with Gasteiger partial charge in [-0.1, -0.05) is 132 Å². The average Bonchev–Trinajstić information content (AvgIpc) is 3.20. The SMILES string of the molecule is O=C(NC(Cc1ccccc1)C(O)CN(C(=O)/C=C/c1c(Cl)cccc1Cl)C1CCN(Cc2ccccc2)CC1)c1ccc(C(=O)c2ccccc2)cc1. The monoisotopic (exact) mass is 759 g/mol. The van der Waals surface area contributed by atoms with Crippen molar-refractivity contribution in [3.8, 4) is 0 Å². The van der Waals surface area contributed by atoms with Crippen molar-refractivity contribution in [1.82, 2.24) is 15.1 Å². The van der Waals surface area contributed by atoms with Crippen LogP contribution in [0.1, 0.15) is 55.8 Å². The highest BCUT2D eigenvalue weighted by Gasteiger charge is 2.32. The van der Waals surface area contributed by atoms with E-state index in [-0.39, 0.29) is 24.3 Å². The summed E-state index contributed by atoms with van der Waals surface area (Å²) in [6.45, 7) is 2.38. The second-order valence-corrected chi connectivity index (χ2v) is 14.4. The van der Waals surface area contributed by atoms with Gasteiger partial charge >= 0.3 is 0 Å². The van der Waals surface area contributed by atoms with Gasteiger partial charge in [0.05, 0.1) is 12.1 Å². The van der Waals surface area contributed by atoms with Crippen LogP contribution in [0.2, 0.25) is 10.0 Å². The second-order valence-electron chi connectivity index (χ2n) is 13.6. The minimum Gasteiger partial charge on any atom is -0.389 e. The first-order chi connectivity index (χ1) is 26.2. The fraction of sp³-hybridized carbons (Fsp3) is 0.222. The lowest BCUT2D eigenvalue weighted by Gasteiger charge is -2.40. The molecule has 1 saturated heterocycles. The zero-order chi connectivity index (χ0) is 37.9. The normalized spacial score (nSPS) is 14.7. The number of aliphatic hydroxyl groups is 1. The number of amides is 2. The Kier molecular flexibility index (Phi) is 13.5. The van der Waals surface area contributed by atoms with Gasteiger partial charge in [-0.3, -0.25) is 19.3 Å². The van der Waals surface area contributed by atoms with Crippen LogP contribution in [0.15, 0.2) is 140 Å². The molecule has 0 bridgehead atoms. The number of carbonyl (C=O) groups excluding carboxylic acids is 3. The molecule has 0 spiro atoms. The molecule has 7 nitrogen and oxygen atoms in total. The van der Waals surface area contributed by atoms with E-state index in [1.54, 1.807) is 65.6 Å². The molecule has 2 N–H and O–H groups in total. The highest BCUT2D eigenvalue weighted by atomic mass is 35.5. The molecule has 2 amide bonds. The third-order valence-electron chi connectivity index (χ3n) is 9.83. The molecule has 1 heterocycles. The third-order valence-corrected chi connectivity index (χ3v) is 10.5. The summed E-state index contributed by atoms with van der Waals surface area (Å²) >= 11 is 12.8. The van der Waals surface area contributed by atoms with Crippen LogP contribution in [0.25, 0.3) is 6.08 Å². The van der Waals surface area contributed by atoms with Crippen molar-refractivity contribution in [1.29, 1.82) is 0 Å². The molecule has 54 heavy (non-hydrogen) atoms. The fourth-order valence-electron chi connectivity index (χ4n) is 6.83. The van der Waals surface area contributed by atoms with E-state index in [0.717, 1.165) is 38.0 Å². The van der Waals surface area contributed by atoms with Crippen LogP contribution in [-0.2, 0) is 17.8 Å². The summed E-state index contributed by atoms with van der Waals surface area (Å²) in [5, 5.41) is 15.8. The van der Waals surface area contributed by atoms with Crippen LogP contribution in [-0.4, -0.2) is 70.3 Å². The Bertz CT molecular complexity index is 2010. The summed E-state index contributed by atoms with van der Waals surface area (Å²) in [6, 6.07) is 39.7. The number of likely N-dealkylation sites (tertiary alicyclic amines) is 1. The van der Waals surface area contributed by atoms with Gasteiger partial charge in [-0.15, -0.1) is 0 Å². The molecule has 2 unspecified atom stereocenters. The maximum absolute atomic E-state index is 14.1. The van der Waals surface area contributed by atoms with Crippen LogP contribution in [0, 0.1) is 0 Å². The van der Waals surface area contributed by atoms with Crippen molar-refractivity contribution in [2.45, 2.75) is 44.0 Å². The van der Waals surface area contributed by atoms with Crippen molar-refractivity contribution in [3.63, 3.8) is 0 Å². The predicted molar refractivity (Wildman–Crippen MR) is 216 cm³/mol. The summed E-state index contributed by atoms with van der Waals surface area (Å²) in [5.74, 6) is -0.814. The standard InChI is InChI=1S/C45H43Cl2N3O4/c46-39-17-10-18-40(47)38(39)23-24-43(52)50(37-25-27-49(28-26-37)30-33-13-6-2-7-14-33)31-42(51)41(29-32-11-4-1-5-12-32)48-45(54)36-21-19-35(20-22-36)44(53)34-15-8-3-9-16-34/h1-24,37,41-42,51H,25-31H2,(H,48,54)/b24-23+. The Morgan fingerprint density at radius 2 is 1.26 bits per heavy atom. The fourth-order valence-corrected chi connectivity index (χ4v) is 7.35. The number of halogens is 2. The predicted octanol–water partition coefficient (Wildman–Crippen LogP) is 8.13. The van der Waals surface area contributed by atoms with Gasteiger partial charge in [0.1, 0.15) is 0 Å². The molecule has 0 aromatic heterocycles. The van der Waals surface area contributed by atoms with E-state index in [1.165, 1.54) is 11.6 Å². The molecule has 2 atom stereocenters. The van der Waals surface area contributed by atoms with Crippen LogP contribution in [0.5, 0.6) is 0 Å². The molecule has 1 aliphatic heterocycles. The average molecular weight is 761 g/mol. The maximum Gasteiger partial charge on any atom is 0.251 e. The Labute approximate surface area is 326 Å². The van der Waals surface area contributed by atoms with Gasteiger partial charge in [0.25, 0.3) is 5.91 Å². The molecule has 1 fully saturated rings. The molecule has 5 aromatic carbocycles. The lowest BCUT2D eigenvalue weighted by Crippen LogP contribution is -2.54. The molecular weight excluding hydrogens is 717 g/mol. The Morgan fingerprint density at radius 3 is 1.87 bits per heavy atom. The maximum atomic E-state index is 14.1. The van der Waals surface area contributed by atoms with Gasteiger partial charge in [0.2, 0.25) is 5.91 Å². The summed E-state index contributed by atoms with van der Waals surface area (Å²) in [6.07, 6.45) is 3.73. The summed E-state index contributed by atoms with van der Waals surface area (Å²) < 4.78 is 0. The highest BCUT2D eigenvalue weighted by Crippen LogP contribution is 2.26. The van der Waals surface area contributed by atoms with Crippen LogP contribution >= 0.6 is 23.2 Å². The number of carbonyl (C=O) groups is 3. The van der Waals surface area contributed by atoms with Crippen molar-refractivity contribution < 1.29 is 19.5 Å². The van der Waals surface area contributed by atoms with E-state index in [2.05, 4.69) is 22.3 Å². The van der Waals surface area contributed by atoms with Crippen LogP contribution in [0.3, 0.4) is 0 Å². The molecule has 6 rings (SSSR count). The quantitative estimate of drug-likeness (QED) is 0.0882. The minimum absolute atomic E-state index is 0.00885. The number of rotatable bonds is 14. The topological polar surface area (TPSA) is 89.9 Å². The largest absolute Gasteiger partial charge is 0.389 e. The first kappa shape index (κ1) is 38.7. The van der Waals surface area contributed by atoms with E-state index in [0.29, 0.717) is 38.7 Å². The van der Waals surface area contributed by atoms with Crippen LogP contribution < -0.4 is 5.32 Å². The number of benzene rings is 5. The van der Waals surface area contributed by atoms with Crippen LogP contribution in [0.4, 0.5) is 0 Å². The smallest absolute Gasteiger partial charge is 0.251 e. The van der Waals surface area contributed by atoms with Gasteiger partial charge in [-0.25, -0.2) is 0 Å². The summed E-state index contributed by atoms with van der Waals surface area (Å²) in [7, 11) is 0. The van der Waals surface area contributed by atoms with Crippen molar-refractivity contribution in [2.24, 2.45) is 0 Å². The van der Waals surface area contributed by atoms with Gasteiger partial charge in [-0.2, -0.15) is 0 Å². The van der Waals surface area contributed by atoms with Gasteiger partial charge in [-0.05, 0) is 60.7 Å². The Balaban J connectivity index is 1.21. The molecule has 276 valence electrons. The van der Waals surface area contributed by atoms with Gasteiger partial charge < -0.3 is 15.3 Å². The van der Waals surface area contributed by atoms with Crippen molar-refractivity contribution in [2.75, 3.05) is 19.6 Å². The number of nitrogens with one attached hydrogen (secondary N) is 1. The summed E-state index contributed by atoms with van der Waals surface area (Å²) in [5.41, 5.74) is 4.07. The second kappa shape index (κ2) is 18.8. The van der Waals surface area contributed by atoms with E-state index in [4.69, 9.17) is 23.2 Å². The number of aliphatic hydroxyl groups excluding tert-OH is 1. The Morgan fingerprint density at radius 1 is 0.722 bits per heavy atom. The summed E-state index contributed by atoms with van der Waals surface area (Å²) in [4.78, 5) is 44.8.